The van der Waals surface area contributed by atoms with Gasteiger partial charge >= 0.3 is 0 Å². The highest BCUT2D eigenvalue weighted by Crippen LogP contribution is 2.30. The van der Waals surface area contributed by atoms with Crippen molar-refractivity contribution in [3.8, 4) is 0 Å². The zero-order valence-electron chi connectivity index (χ0n) is 10.3. The Hall–Kier alpha value is -0.570. The van der Waals surface area contributed by atoms with E-state index in [1.54, 1.807) is 0 Å². The third kappa shape index (κ3) is 4.20. The number of amides is 1. The molecule has 1 aliphatic heterocycles. The maximum atomic E-state index is 11.8. The molecule has 0 saturated carbocycles. The van der Waals surface area contributed by atoms with Gasteiger partial charge in [-0.15, -0.1) is 0 Å². The quantitative estimate of drug-likeness (QED) is 0.718. The molecule has 15 heavy (non-hydrogen) atoms. The summed E-state index contributed by atoms with van der Waals surface area (Å²) in [6, 6.07) is 0. The Morgan fingerprint density at radius 2 is 2.13 bits per heavy atom. The van der Waals surface area contributed by atoms with Crippen molar-refractivity contribution in [2.45, 2.75) is 39.5 Å². The van der Waals surface area contributed by atoms with Gasteiger partial charge in [0.1, 0.15) is 0 Å². The fourth-order valence-corrected chi connectivity index (χ4v) is 1.97. The second-order valence-electron chi connectivity index (χ2n) is 5.25. The van der Waals surface area contributed by atoms with Crippen LogP contribution in [0.5, 0.6) is 0 Å². The van der Waals surface area contributed by atoms with Crippen molar-refractivity contribution < 1.29 is 4.79 Å². The van der Waals surface area contributed by atoms with E-state index in [2.05, 4.69) is 19.2 Å². The molecule has 88 valence electrons. The van der Waals surface area contributed by atoms with Crippen LogP contribution < -0.4 is 5.32 Å². The maximum Gasteiger partial charge on any atom is 0.222 e. The van der Waals surface area contributed by atoms with E-state index in [-0.39, 0.29) is 0 Å². The summed E-state index contributed by atoms with van der Waals surface area (Å²) in [4.78, 5) is 13.8. The van der Waals surface area contributed by atoms with Gasteiger partial charge in [0.2, 0.25) is 5.91 Å². The van der Waals surface area contributed by atoms with E-state index in [0.29, 0.717) is 11.3 Å². The van der Waals surface area contributed by atoms with Crippen LogP contribution >= 0.6 is 0 Å². The van der Waals surface area contributed by atoms with Gasteiger partial charge in [0.15, 0.2) is 0 Å². The second-order valence-corrected chi connectivity index (χ2v) is 5.25. The molecule has 1 fully saturated rings. The topological polar surface area (TPSA) is 32.3 Å². The molecule has 0 aromatic rings. The molecular formula is C12H24N2O. The molecule has 0 unspecified atom stereocenters. The van der Waals surface area contributed by atoms with Gasteiger partial charge in [-0.1, -0.05) is 13.8 Å². The van der Waals surface area contributed by atoms with Crippen molar-refractivity contribution in [2.24, 2.45) is 5.41 Å². The van der Waals surface area contributed by atoms with E-state index in [1.165, 1.54) is 0 Å². The third-order valence-corrected chi connectivity index (χ3v) is 3.28. The van der Waals surface area contributed by atoms with Crippen LogP contribution in [0.1, 0.15) is 39.5 Å². The summed E-state index contributed by atoms with van der Waals surface area (Å²) in [6.07, 6.45) is 3.96. The fourth-order valence-electron chi connectivity index (χ4n) is 1.97. The van der Waals surface area contributed by atoms with Gasteiger partial charge in [-0.2, -0.15) is 0 Å². The van der Waals surface area contributed by atoms with Crippen LogP contribution in [0, 0.1) is 5.41 Å². The van der Waals surface area contributed by atoms with Crippen LogP contribution in [0.15, 0.2) is 0 Å². The molecule has 3 heteroatoms. The van der Waals surface area contributed by atoms with Crippen molar-refractivity contribution in [1.82, 2.24) is 10.2 Å². The van der Waals surface area contributed by atoms with Crippen LogP contribution in [0.4, 0.5) is 0 Å². The zero-order valence-corrected chi connectivity index (χ0v) is 10.3. The molecule has 3 nitrogen and oxygen atoms in total. The minimum Gasteiger partial charge on any atom is -0.343 e. The molecule has 0 aromatic heterocycles. The molecule has 0 atom stereocenters. The van der Waals surface area contributed by atoms with Gasteiger partial charge in [0.25, 0.3) is 0 Å². The third-order valence-electron chi connectivity index (χ3n) is 3.28. The predicted octanol–water partition coefficient (Wildman–Crippen LogP) is 1.63. The SMILES string of the molecule is CNCCCN1CCC(C)(C)CCC1=O. The zero-order chi connectivity index (χ0) is 11.3. The highest BCUT2D eigenvalue weighted by atomic mass is 16.2. The molecule has 0 radical (unpaired) electrons. The van der Waals surface area contributed by atoms with Gasteiger partial charge in [-0.3, -0.25) is 4.79 Å². The molecule has 0 aromatic carbocycles. The van der Waals surface area contributed by atoms with Gasteiger partial charge in [0, 0.05) is 19.5 Å². The summed E-state index contributed by atoms with van der Waals surface area (Å²) in [7, 11) is 1.95. The first-order valence-corrected chi connectivity index (χ1v) is 5.97. The number of nitrogens with one attached hydrogen (secondary N) is 1. The van der Waals surface area contributed by atoms with E-state index >= 15 is 0 Å². The lowest BCUT2D eigenvalue weighted by Gasteiger charge is -2.23. The number of rotatable bonds is 4. The molecule has 1 amide bonds. The largest absolute Gasteiger partial charge is 0.343 e. The maximum absolute atomic E-state index is 11.8. The molecular weight excluding hydrogens is 188 g/mol. The Kier molecular flexibility index (Phi) is 4.58. The van der Waals surface area contributed by atoms with Gasteiger partial charge < -0.3 is 10.2 Å². The van der Waals surface area contributed by atoms with Crippen LogP contribution in [0.25, 0.3) is 0 Å². The van der Waals surface area contributed by atoms with Crippen molar-refractivity contribution >= 4 is 5.91 Å². The predicted molar refractivity (Wildman–Crippen MR) is 62.8 cm³/mol. The lowest BCUT2D eigenvalue weighted by atomic mass is 9.85. The molecule has 0 aliphatic carbocycles. The standard InChI is InChI=1S/C12H24N2O/c1-12(2)6-5-11(15)14(10-7-12)9-4-8-13-3/h13H,4-10H2,1-3H3. The normalized spacial score (nSPS) is 21.5. The monoisotopic (exact) mass is 212 g/mol. The Balaban J connectivity index is 2.40. The number of hydrogen-bond acceptors (Lipinski definition) is 2. The molecule has 0 bridgehead atoms. The first kappa shape index (κ1) is 12.5. The summed E-state index contributed by atoms with van der Waals surface area (Å²) >= 11 is 0. The molecule has 1 heterocycles. The Bertz CT molecular complexity index is 214. The van der Waals surface area contributed by atoms with E-state index in [4.69, 9.17) is 0 Å². The Labute approximate surface area is 93.2 Å². The Morgan fingerprint density at radius 1 is 1.40 bits per heavy atom. The average Bonchev–Trinajstić information content (AvgIpc) is 2.31. The van der Waals surface area contributed by atoms with Gasteiger partial charge in [0.05, 0.1) is 0 Å². The first-order valence-electron chi connectivity index (χ1n) is 5.97. The summed E-state index contributed by atoms with van der Waals surface area (Å²) in [6.45, 7) is 7.37. The van der Waals surface area contributed by atoms with Crippen molar-refractivity contribution in [1.29, 1.82) is 0 Å². The van der Waals surface area contributed by atoms with Crippen LogP contribution in [-0.4, -0.2) is 37.5 Å². The summed E-state index contributed by atoms with van der Waals surface area (Å²) in [5.74, 6) is 0.344. The van der Waals surface area contributed by atoms with Crippen molar-refractivity contribution in [3.05, 3.63) is 0 Å². The van der Waals surface area contributed by atoms with E-state index in [1.807, 2.05) is 11.9 Å². The molecule has 1 rings (SSSR count). The second kappa shape index (κ2) is 5.50. The smallest absolute Gasteiger partial charge is 0.222 e. The summed E-state index contributed by atoms with van der Waals surface area (Å²) in [5, 5.41) is 3.12. The number of hydrogen-bond donors (Lipinski definition) is 1. The van der Waals surface area contributed by atoms with Gasteiger partial charge in [-0.05, 0) is 38.3 Å². The lowest BCUT2D eigenvalue weighted by Crippen LogP contribution is -2.32. The van der Waals surface area contributed by atoms with E-state index < -0.39 is 0 Å². The molecule has 1 N–H and O–H groups in total. The minimum atomic E-state index is 0.341. The molecule has 1 saturated heterocycles. The van der Waals surface area contributed by atoms with Gasteiger partial charge in [-0.25, -0.2) is 0 Å². The lowest BCUT2D eigenvalue weighted by molar-refractivity contribution is -0.130. The summed E-state index contributed by atoms with van der Waals surface area (Å²) < 4.78 is 0. The molecule has 1 aliphatic rings. The van der Waals surface area contributed by atoms with Crippen LogP contribution in [0.3, 0.4) is 0 Å². The van der Waals surface area contributed by atoms with E-state index in [9.17, 15) is 4.79 Å². The first-order chi connectivity index (χ1) is 7.05. The summed E-state index contributed by atoms with van der Waals surface area (Å²) in [5.41, 5.74) is 0.341. The Morgan fingerprint density at radius 3 is 2.80 bits per heavy atom. The number of nitrogens with zero attached hydrogens (tertiary/aromatic N) is 1. The fraction of sp³-hybridized carbons (Fsp3) is 0.917. The number of likely N-dealkylation sites (tertiary alicyclic amines) is 1. The highest BCUT2D eigenvalue weighted by Gasteiger charge is 2.26. The van der Waals surface area contributed by atoms with Crippen molar-refractivity contribution in [2.75, 3.05) is 26.7 Å². The average molecular weight is 212 g/mol. The van der Waals surface area contributed by atoms with E-state index in [0.717, 1.165) is 45.3 Å². The number of carbonyl (C=O) groups is 1. The number of carbonyl (C=O) groups excluding carboxylic acids is 1. The van der Waals surface area contributed by atoms with Crippen molar-refractivity contribution in [3.63, 3.8) is 0 Å². The van der Waals surface area contributed by atoms with Crippen LogP contribution in [-0.2, 0) is 4.79 Å². The van der Waals surface area contributed by atoms with Crippen LogP contribution in [0.2, 0.25) is 0 Å². The highest BCUT2D eigenvalue weighted by molar-refractivity contribution is 5.76. The minimum absolute atomic E-state index is 0.341. The molecule has 0 spiro atoms.